The summed E-state index contributed by atoms with van der Waals surface area (Å²) in [4.78, 5) is 23.9. The molecule has 1 aromatic carbocycles. The van der Waals surface area contributed by atoms with Gasteiger partial charge in [0.15, 0.2) is 0 Å². The number of piperazine rings is 1. The zero-order valence-electron chi connectivity index (χ0n) is 17.5. The molecule has 0 spiro atoms. The van der Waals surface area contributed by atoms with Crippen LogP contribution in [-0.2, 0) is 29.6 Å². The van der Waals surface area contributed by atoms with Crippen molar-refractivity contribution < 1.29 is 31.6 Å². The molecule has 0 unspecified atom stereocenters. The van der Waals surface area contributed by atoms with E-state index in [0.717, 1.165) is 25.5 Å². The number of primary amides is 1. The van der Waals surface area contributed by atoms with Gasteiger partial charge in [0.1, 0.15) is 10.3 Å². The highest BCUT2D eigenvalue weighted by Crippen LogP contribution is 2.33. The number of sulfonamides is 2. The highest BCUT2D eigenvalue weighted by Gasteiger charge is 2.43. The number of carbonyl (C=O) groups is 2. The maximum Gasteiger partial charge on any atom is 0.263 e. The van der Waals surface area contributed by atoms with E-state index in [-0.39, 0.29) is 35.9 Å². The first-order valence-electron chi connectivity index (χ1n) is 9.93. The minimum atomic E-state index is -4.15. The summed E-state index contributed by atoms with van der Waals surface area (Å²) in [7, 11) is -8.03. The van der Waals surface area contributed by atoms with Crippen LogP contribution in [0.3, 0.4) is 0 Å². The van der Waals surface area contributed by atoms with Crippen LogP contribution in [0.4, 0.5) is 0 Å². The van der Waals surface area contributed by atoms with Gasteiger partial charge >= 0.3 is 0 Å². The smallest absolute Gasteiger partial charge is 0.263 e. The normalized spacial score (nSPS) is 18.2. The van der Waals surface area contributed by atoms with Crippen LogP contribution in [0, 0.1) is 0 Å². The molecule has 180 valence electrons. The SMILES string of the molecule is NC(=O)CCCS(=O)(=O)N1CCN(S(=O)(=O)c2ccc(-c3ccccc3)s2)[C@@H](C(=O)NO)C1. The lowest BCUT2D eigenvalue weighted by Gasteiger charge is -2.38. The molecule has 0 saturated carbocycles. The highest BCUT2D eigenvalue weighted by molar-refractivity contribution is 7.91. The van der Waals surface area contributed by atoms with Crippen LogP contribution in [-0.4, -0.2) is 73.9 Å². The lowest BCUT2D eigenvalue weighted by molar-refractivity contribution is -0.134. The fourth-order valence-electron chi connectivity index (χ4n) is 3.46. The summed E-state index contributed by atoms with van der Waals surface area (Å²) >= 11 is 1.03. The number of nitrogens with zero attached hydrogens (tertiary/aromatic N) is 2. The third-order valence-corrected chi connectivity index (χ3v) is 10.6. The number of nitrogens with one attached hydrogen (secondary N) is 1. The molecule has 4 N–H and O–H groups in total. The van der Waals surface area contributed by atoms with Crippen molar-refractivity contribution in [2.24, 2.45) is 5.73 Å². The van der Waals surface area contributed by atoms with Crippen LogP contribution < -0.4 is 11.2 Å². The third-order valence-electron chi connectivity index (χ3n) is 5.13. The first-order chi connectivity index (χ1) is 15.6. The van der Waals surface area contributed by atoms with Gasteiger partial charge in [-0.15, -0.1) is 11.3 Å². The van der Waals surface area contributed by atoms with Gasteiger partial charge in [-0.05, 0) is 24.1 Å². The number of nitrogens with two attached hydrogens (primary N) is 1. The average Bonchev–Trinajstić information content (AvgIpc) is 3.29. The Morgan fingerprint density at radius 2 is 1.79 bits per heavy atom. The summed E-state index contributed by atoms with van der Waals surface area (Å²) in [5.74, 6) is -2.05. The molecule has 11 nitrogen and oxygen atoms in total. The number of hydrogen-bond donors (Lipinski definition) is 3. The average molecular weight is 517 g/mol. The van der Waals surface area contributed by atoms with Gasteiger partial charge in [-0.3, -0.25) is 14.8 Å². The number of hydrogen-bond acceptors (Lipinski definition) is 8. The lowest BCUT2D eigenvalue weighted by Crippen LogP contribution is -2.61. The first kappa shape index (κ1) is 25.3. The van der Waals surface area contributed by atoms with E-state index in [4.69, 9.17) is 10.9 Å². The summed E-state index contributed by atoms with van der Waals surface area (Å²) in [6.45, 7) is -0.931. The molecule has 1 fully saturated rings. The third kappa shape index (κ3) is 5.77. The number of benzene rings is 1. The van der Waals surface area contributed by atoms with Gasteiger partial charge in [-0.2, -0.15) is 8.61 Å². The van der Waals surface area contributed by atoms with Crippen molar-refractivity contribution in [2.45, 2.75) is 23.1 Å². The van der Waals surface area contributed by atoms with Gasteiger partial charge in [0, 0.05) is 30.9 Å². The Hall–Kier alpha value is -2.36. The molecule has 2 amide bonds. The number of thiophene rings is 1. The second kappa shape index (κ2) is 10.3. The van der Waals surface area contributed by atoms with E-state index >= 15 is 0 Å². The van der Waals surface area contributed by atoms with Crippen LogP contribution in [0.5, 0.6) is 0 Å². The molecule has 0 bridgehead atoms. The Labute approximate surface area is 195 Å². The highest BCUT2D eigenvalue weighted by atomic mass is 32.2. The van der Waals surface area contributed by atoms with E-state index < -0.39 is 44.4 Å². The van der Waals surface area contributed by atoms with Crippen molar-refractivity contribution in [1.29, 1.82) is 0 Å². The molecule has 1 atom stereocenters. The molecule has 33 heavy (non-hydrogen) atoms. The Kier molecular flexibility index (Phi) is 7.87. The van der Waals surface area contributed by atoms with Gasteiger partial charge in [0.05, 0.1) is 5.75 Å². The van der Waals surface area contributed by atoms with Crippen LogP contribution in [0.1, 0.15) is 12.8 Å². The summed E-state index contributed by atoms with van der Waals surface area (Å²) in [6.07, 6.45) is -0.110. The zero-order chi connectivity index (χ0) is 24.2. The van der Waals surface area contributed by atoms with Crippen molar-refractivity contribution in [3.63, 3.8) is 0 Å². The van der Waals surface area contributed by atoms with Crippen LogP contribution in [0.2, 0.25) is 0 Å². The van der Waals surface area contributed by atoms with Crippen molar-refractivity contribution in [2.75, 3.05) is 25.4 Å². The molecule has 3 rings (SSSR count). The predicted molar refractivity (Wildman–Crippen MR) is 121 cm³/mol. The van der Waals surface area contributed by atoms with Crippen molar-refractivity contribution in [1.82, 2.24) is 14.1 Å². The largest absolute Gasteiger partial charge is 0.370 e. The summed E-state index contributed by atoms with van der Waals surface area (Å²) in [5, 5.41) is 9.15. The Morgan fingerprint density at radius 3 is 2.42 bits per heavy atom. The van der Waals surface area contributed by atoms with Crippen molar-refractivity contribution in [3.05, 3.63) is 42.5 Å². The molecule has 14 heteroatoms. The van der Waals surface area contributed by atoms with E-state index in [9.17, 15) is 26.4 Å². The van der Waals surface area contributed by atoms with E-state index in [1.807, 2.05) is 30.3 Å². The fraction of sp³-hybridized carbons (Fsp3) is 0.368. The molecule has 2 heterocycles. The van der Waals surface area contributed by atoms with E-state index in [1.165, 1.54) is 11.5 Å². The molecule has 1 saturated heterocycles. The van der Waals surface area contributed by atoms with Gasteiger partial charge in [-0.25, -0.2) is 22.3 Å². The number of hydroxylamine groups is 1. The Morgan fingerprint density at radius 1 is 1.09 bits per heavy atom. The van der Waals surface area contributed by atoms with Crippen molar-refractivity contribution >= 4 is 43.2 Å². The van der Waals surface area contributed by atoms with Gasteiger partial charge < -0.3 is 5.73 Å². The zero-order valence-corrected chi connectivity index (χ0v) is 19.9. The fourth-order valence-corrected chi connectivity index (χ4v) is 7.97. The monoisotopic (exact) mass is 516 g/mol. The molecule has 1 aliphatic heterocycles. The molecular formula is C19H24N4O7S3. The minimum absolute atomic E-state index is 0.00447. The summed E-state index contributed by atoms with van der Waals surface area (Å²) in [6, 6.07) is 10.8. The second-order valence-corrected chi connectivity index (χ2v) is 12.6. The Bertz CT molecular complexity index is 1210. The summed E-state index contributed by atoms with van der Waals surface area (Å²) in [5.41, 5.74) is 7.30. The first-order valence-corrected chi connectivity index (χ1v) is 13.8. The van der Waals surface area contributed by atoms with E-state index in [1.54, 1.807) is 6.07 Å². The topological polar surface area (TPSA) is 167 Å². The quantitative estimate of drug-likeness (QED) is 0.316. The predicted octanol–water partition coefficient (Wildman–Crippen LogP) is 0.191. The number of amides is 2. The van der Waals surface area contributed by atoms with Gasteiger partial charge in [-0.1, -0.05) is 30.3 Å². The Balaban J connectivity index is 1.83. The van der Waals surface area contributed by atoms with Crippen LogP contribution in [0.15, 0.2) is 46.7 Å². The number of carbonyl (C=O) groups excluding carboxylic acids is 2. The van der Waals surface area contributed by atoms with E-state index in [0.29, 0.717) is 4.88 Å². The molecule has 0 radical (unpaired) electrons. The summed E-state index contributed by atoms with van der Waals surface area (Å²) < 4.78 is 53.8. The maximum absolute atomic E-state index is 13.3. The van der Waals surface area contributed by atoms with Crippen LogP contribution >= 0.6 is 11.3 Å². The van der Waals surface area contributed by atoms with Gasteiger partial charge in [0.25, 0.3) is 15.9 Å². The minimum Gasteiger partial charge on any atom is -0.370 e. The number of rotatable bonds is 9. The molecule has 2 aromatic rings. The molecule has 1 aromatic heterocycles. The molecule has 0 aliphatic carbocycles. The van der Waals surface area contributed by atoms with E-state index in [2.05, 4.69) is 0 Å². The maximum atomic E-state index is 13.3. The molecular weight excluding hydrogens is 492 g/mol. The lowest BCUT2D eigenvalue weighted by atomic mass is 10.2. The second-order valence-electron chi connectivity index (χ2n) is 7.34. The van der Waals surface area contributed by atoms with Crippen LogP contribution in [0.25, 0.3) is 10.4 Å². The van der Waals surface area contributed by atoms with Gasteiger partial charge in [0.2, 0.25) is 15.9 Å². The standard InChI is InChI=1S/C19H24N4O7S3/c20-17(24)7-4-12-32(27,28)22-10-11-23(15(13-22)19(25)21-26)33(29,30)18-9-8-16(31-18)14-5-2-1-3-6-14/h1-3,5-6,8-9,15,26H,4,7,10-13H2,(H2,20,24)(H,21,25)/t15-/m1/s1. The van der Waals surface area contributed by atoms with Crippen molar-refractivity contribution in [3.8, 4) is 10.4 Å². The molecule has 1 aliphatic rings.